The fourth-order valence-corrected chi connectivity index (χ4v) is 4.45. The van der Waals surface area contributed by atoms with Crippen LogP contribution in [-0.4, -0.2) is 25.5 Å². The summed E-state index contributed by atoms with van der Waals surface area (Å²) in [5.41, 5.74) is 6.04. The van der Waals surface area contributed by atoms with Crippen LogP contribution < -0.4 is 10.5 Å². The number of hydrogen-bond acceptors (Lipinski definition) is 4. The summed E-state index contributed by atoms with van der Waals surface area (Å²) in [5, 5.41) is 1.50. The Balaban J connectivity index is 1.97. The molecule has 0 spiro atoms. The minimum absolute atomic E-state index is 0.106. The minimum Gasteiger partial charge on any atom is -0.326 e. The van der Waals surface area contributed by atoms with Crippen molar-refractivity contribution < 1.29 is 8.42 Å². The van der Waals surface area contributed by atoms with E-state index in [0.717, 1.165) is 31.1 Å². The third kappa shape index (κ3) is 2.92. The van der Waals surface area contributed by atoms with Crippen molar-refractivity contribution in [2.75, 3.05) is 0 Å². The van der Waals surface area contributed by atoms with Crippen LogP contribution in [0.2, 0.25) is 0 Å². The van der Waals surface area contributed by atoms with Gasteiger partial charge in [0.05, 0.1) is 4.90 Å². The minimum atomic E-state index is -3.58. The molecule has 1 aliphatic rings. The van der Waals surface area contributed by atoms with Crippen LogP contribution in [0, 0.1) is 0 Å². The molecule has 0 saturated heterocycles. The third-order valence-corrected chi connectivity index (χ3v) is 5.60. The first-order valence-electron chi connectivity index (χ1n) is 7.18. The fraction of sp³-hybridized carbons (Fsp3) is 0.400. The van der Waals surface area contributed by atoms with E-state index in [1.807, 2.05) is 6.07 Å². The molecule has 2 aromatic rings. The molecule has 1 saturated carbocycles. The maximum atomic E-state index is 12.7. The largest absolute Gasteiger partial charge is 0.326 e. The molecule has 1 aliphatic carbocycles. The summed E-state index contributed by atoms with van der Waals surface area (Å²) < 4.78 is 28.1. The SMILES string of the molecule is N[C@@H]1CCCC[C@H]1NS(=O)(=O)c1cccc2cnccc12. The molecule has 3 N–H and O–H groups in total. The lowest BCUT2D eigenvalue weighted by Gasteiger charge is -2.29. The number of nitrogens with two attached hydrogens (primary N) is 1. The van der Waals surface area contributed by atoms with E-state index in [-0.39, 0.29) is 12.1 Å². The van der Waals surface area contributed by atoms with Crippen LogP contribution in [-0.2, 0) is 10.0 Å². The maximum absolute atomic E-state index is 12.7. The normalized spacial score (nSPS) is 23.3. The Morgan fingerprint density at radius 2 is 2.00 bits per heavy atom. The summed E-state index contributed by atoms with van der Waals surface area (Å²) in [5.74, 6) is 0. The zero-order valence-electron chi connectivity index (χ0n) is 11.7. The van der Waals surface area contributed by atoms with E-state index in [4.69, 9.17) is 5.73 Å². The van der Waals surface area contributed by atoms with Gasteiger partial charge in [0.15, 0.2) is 0 Å². The third-order valence-electron chi connectivity index (χ3n) is 4.06. The molecule has 112 valence electrons. The van der Waals surface area contributed by atoms with Crippen LogP contribution in [0.5, 0.6) is 0 Å². The van der Waals surface area contributed by atoms with Crippen molar-refractivity contribution in [1.29, 1.82) is 0 Å². The summed E-state index contributed by atoms with van der Waals surface area (Å²) in [6.45, 7) is 0. The second-order valence-corrected chi connectivity index (χ2v) is 7.21. The smallest absolute Gasteiger partial charge is 0.241 e. The number of nitrogens with one attached hydrogen (secondary N) is 1. The van der Waals surface area contributed by atoms with Gasteiger partial charge in [0.2, 0.25) is 10.0 Å². The van der Waals surface area contributed by atoms with Gasteiger partial charge in [0.1, 0.15) is 0 Å². The van der Waals surface area contributed by atoms with E-state index < -0.39 is 10.0 Å². The van der Waals surface area contributed by atoms with Crippen molar-refractivity contribution in [1.82, 2.24) is 9.71 Å². The van der Waals surface area contributed by atoms with Gasteiger partial charge in [-0.2, -0.15) is 0 Å². The second-order valence-electron chi connectivity index (χ2n) is 5.53. The van der Waals surface area contributed by atoms with E-state index in [2.05, 4.69) is 9.71 Å². The number of hydrogen-bond donors (Lipinski definition) is 2. The zero-order valence-corrected chi connectivity index (χ0v) is 12.5. The summed E-state index contributed by atoms with van der Waals surface area (Å²) in [7, 11) is -3.58. The van der Waals surface area contributed by atoms with Crippen LogP contribution in [0.1, 0.15) is 25.7 Å². The van der Waals surface area contributed by atoms with Crippen molar-refractivity contribution in [3.05, 3.63) is 36.7 Å². The number of nitrogens with zero attached hydrogens (tertiary/aromatic N) is 1. The fourth-order valence-electron chi connectivity index (χ4n) is 2.90. The lowest BCUT2D eigenvalue weighted by Crippen LogP contribution is -2.49. The lowest BCUT2D eigenvalue weighted by molar-refractivity contribution is 0.361. The predicted octanol–water partition coefficient (Wildman–Crippen LogP) is 1.78. The van der Waals surface area contributed by atoms with Gasteiger partial charge in [-0.1, -0.05) is 25.0 Å². The summed E-state index contributed by atoms with van der Waals surface area (Å²) >= 11 is 0. The van der Waals surface area contributed by atoms with Gasteiger partial charge in [0.25, 0.3) is 0 Å². The number of pyridine rings is 1. The van der Waals surface area contributed by atoms with Crippen LogP contribution in [0.4, 0.5) is 0 Å². The second kappa shape index (κ2) is 5.71. The molecule has 0 unspecified atom stereocenters. The molecule has 5 nitrogen and oxygen atoms in total. The Bertz CT molecular complexity index is 740. The first-order chi connectivity index (χ1) is 10.1. The van der Waals surface area contributed by atoms with E-state index in [1.54, 1.807) is 30.6 Å². The molecular formula is C15H19N3O2S. The van der Waals surface area contributed by atoms with Crippen LogP contribution >= 0.6 is 0 Å². The summed E-state index contributed by atoms with van der Waals surface area (Å²) in [6, 6.07) is 6.66. The molecule has 1 heterocycles. The molecule has 3 rings (SSSR count). The van der Waals surface area contributed by atoms with Crippen molar-refractivity contribution in [3.8, 4) is 0 Å². The molecule has 6 heteroatoms. The van der Waals surface area contributed by atoms with E-state index in [0.29, 0.717) is 10.3 Å². The van der Waals surface area contributed by atoms with Gasteiger partial charge in [-0.05, 0) is 25.0 Å². The topological polar surface area (TPSA) is 85.1 Å². The number of rotatable bonds is 3. The highest BCUT2D eigenvalue weighted by Gasteiger charge is 2.27. The highest BCUT2D eigenvalue weighted by molar-refractivity contribution is 7.89. The monoisotopic (exact) mass is 305 g/mol. The van der Waals surface area contributed by atoms with Crippen molar-refractivity contribution in [2.45, 2.75) is 42.7 Å². The van der Waals surface area contributed by atoms with Gasteiger partial charge in [-0.15, -0.1) is 0 Å². The molecule has 0 aliphatic heterocycles. The van der Waals surface area contributed by atoms with Gasteiger partial charge >= 0.3 is 0 Å². The molecule has 2 atom stereocenters. The van der Waals surface area contributed by atoms with E-state index >= 15 is 0 Å². The van der Waals surface area contributed by atoms with Gasteiger partial charge in [-0.3, -0.25) is 4.98 Å². The molecular weight excluding hydrogens is 286 g/mol. The van der Waals surface area contributed by atoms with E-state index in [1.165, 1.54) is 0 Å². The maximum Gasteiger partial charge on any atom is 0.241 e. The van der Waals surface area contributed by atoms with Gasteiger partial charge in [0, 0.05) is 35.2 Å². The Morgan fingerprint density at radius 3 is 2.81 bits per heavy atom. The Hall–Kier alpha value is -1.50. The number of aromatic nitrogens is 1. The molecule has 1 aromatic heterocycles. The predicted molar refractivity (Wildman–Crippen MR) is 82.3 cm³/mol. The van der Waals surface area contributed by atoms with Crippen LogP contribution in [0.3, 0.4) is 0 Å². The average molecular weight is 305 g/mol. The first-order valence-corrected chi connectivity index (χ1v) is 8.67. The molecule has 1 fully saturated rings. The van der Waals surface area contributed by atoms with Crippen molar-refractivity contribution >= 4 is 20.8 Å². The first kappa shape index (κ1) is 14.4. The Morgan fingerprint density at radius 1 is 1.19 bits per heavy atom. The highest BCUT2D eigenvalue weighted by atomic mass is 32.2. The molecule has 0 radical (unpaired) electrons. The molecule has 0 amide bonds. The van der Waals surface area contributed by atoms with Crippen molar-refractivity contribution in [3.63, 3.8) is 0 Å². The molecule has 0 bridgehead atoms. The van der Waals surface area contributed by atoms with Crippen LogP contribution in [0.15, 0.2) is 41.6 Å². The standard InChI is InChI=1S/C15H19N3O2S/c16-13-5-1-2-6-14(13)18-21(19,20)15-7-3-4-11-10-17-9-8-12(11)15/h3-4,7-10,13-14,18H,1-2,5-6,16H2/t13-,14-/m1/s1. The van der Waals surface area contributed by atoms with Gasteiger partial charge in [-0.25, -0.2) is 13.1 Å². The van der Waals surface area contributed by atoms with Crippen LogP contribution in [0.25, 0.3) is 10.8 Å². The summed E-state index contributed by atoms with van der Waals surface area (Å²) in [4.78, 5) is 4.32. The summed E-state index contributed by atoms with van der Waals surface area (Å²) in [6.07, 6.45) is 7.02. The zero-order chi connectivity index (χ0) is 14.9. The quantitative estimate of drug-likeness (QED) is 0.905. The van der Waals surface area contributed by atoms with E-state index in [9.17, 15) is 8.42 Å². The molecule has 21 heavy (non-hydrogen) atoms. The van der Waals surface area contributed by atoms with Gasteiger partial charge < -0.3 is 5.73 Å². The molecule has 1 aromatic carbocycles. The van der Waals surface area contributed by atoms with Crippen molar-refractivity contribution in [2.24, 2.45) is 5.73 Å². The number of benzene rings is 1. The highest BCUT2D eigenvalue weighted by Crippen LogP contribution is 2.24. The number of sulfonamides is 1. The number of fused-ring (bicyclic) bond motifs is 1. The Labute approximate surface area is 124 Å². The average Bonchev–Trinajstić information content (AvgIpc) is 2.49. The lowest BCUT2D eigenvalue weighted by atomic mass is 9.92. The Kier molecular flexibility index (Phi) is 3.93.